The van der Waals surface area contributed by atoms with E-state index in [0.29, 0.717) is 17.8 Å². The van der Waals surface area contributed by atoms with Gasteiger partial charge in [0.2, 0.25) is 0 Å². The first-order valence-corrected chi connectivity index (χ1v) is 8.44. The Morgan fingerprint density at radius 2 is 2.25 bits per heavy atom. The molecule has 7 atom stereocenters. The number of nitrogens with two attached hydrogens (primary N) is 1. The number of fused-ring (bicyclic) bond motifs is 3. The van der Waals surface area contributed by atoms with Gasteiger partial charge in [0.05, 0.1) is 6.04 Å². The Labute approximate surface area is 123 Å². The fourth-order valence-corrected chi connectivity index (χ4v) is 5.99. The Bertz CT molecular complexity index is 418. The van der Waals surface area contributed by atoms with Crippen LogP contribution in [-0.4, -0.2) is 12.3 Å². The van der Waals surface area contributed by atoms with Crippen molar-refractivity contribution >= 4 is 6.29 Å². The first kappa shape index (κ1) is 14.3. The van der Waals surface area contributed by atoms with Gasteiger partial charge < -0.3 is 10.5 Å². The molecule has 7 unspecified atom stereocenters. The van der Waals surface area contributed by atoms with E-state index in [2.05, 4.69) is 20.4 Å². The Hall–Kier alpha value is -0.630. The second-order valence-electron chi connectivity index (χ2n) is 7.70. The molecule has 3 aliphatic carbocycles. The molecule has 3 aliphatic rings. The average Bonchev–Trinajstić information content (AvgIpc) is 2.94. The van der Waals surface area contributed by atoms with E-state index in [4.69, 9.17) is 5.73 Å². The van der Waals surface area contributed by atoms with Crippen molar-refractivity contribution in [2.75, 3.05) is 0 Å². The van der Waals surface area contributed by atoms with Crippen molar-refractivity contribution in [3.05, 3.63) is 12.2 Å². The predicted octanol–water partition coefficient (Wildman–Crippen LogP) is 3.56. The van der Waals surface area contributed by atoms with Crippen molar-refractivity contribution in [2.45, 2.75) is 58.4 Å². The van der Waals surface area contributed by atoms with Crippen LogP contribution in [-0.2, 0) is 4.79 Å². The van der Waals surface area contributed by atoms with E-state index in [1.165, 1.54) is 24.8 Å². The lowest BCUT2D eigenvalue weighted by atomic mass is 9.78. The molecule has 112 valence electrons. The van der Waals surface area contributed by atoms with Gasteiger partial charge in [-0.25, -0.2) is 0 Å². The van der Waals surface area contributed by atoms with Gasteiger partial charge in [0, 0.05) is 0 Å². The highest BCUT2D eigenvalue weighted by Crippen LogP contribution is 2.73. The number of carbonyl (C=O) groups is 1. The van der Waals surface area contributed by atoms with Crippen molar-refractivity contribution in [1.29, 1.82) is 0 Å². The van der Waals surface area contributed by atoms with Crippen LogP contribution in [0.2, 0.25) is 0 Å². The second kappa shape index (κ2) is 4.98. The average molecular weight is 275 g/mol. The topological polar surface area (TPSA) is 43.1 Å². The maximum Gasteiger partial charge on any atom is 0.137 e. The maximum atomic E-state index is 11.4. The highest BCUT2D eigenvalue weighted by Gasteiger charge is 2.70. The minimum absolute atomic E-state index is 0.129. The zero-order valence-electron chi connectivity index (χ0n) is 13.0. The summed E-state index contributed by atoms with van der Waals surface area (Å²) in [5.41, 5.74) is 7.88. The van der Waals surface area contributed by atoms with E-state index in [-0.39, 0.29) is 11.5 Å². The summed E-state index contributed by atoms with van der Waals surface area (Å²) in [6.45, 7) is 8.97. The number of rotatable bonds is 4. The smallest absolute Gasteiger partial charge is 0.137 e. The molecular weight excluding hydrogens is 246 g/mol. The summed E-state index contributed by atoms with van der Waals surface area (Å²) in [4.78, 5) is 11.4. The van der Waals surface area contributed by atoms with Crippen LogP contribution >= 0.6 is 0 Å². The minimum atomic E-state index is -0.250. The third-order valence-corrected chi connectivity index (χ3v) is 6.70. The normalized spacial score (nSPS) is 48.1. The number of hydrogen-bond donors (Lipinski definition) is 1. The van der Waals surface area contributed by atoms with Gasteiger partial charge in [-0.3, -0.25) is 0 Å². The van der Waals surface area contributed by atoms with E-state index in [1.807, 2.05) is 0 Å². The molecule has 2 N–H and O–H groups in total. The number of carbonyl (C=O) groups excluding carboxylic acids is 1. The molecule has 3 fully saturated rings. The van der Waals surface area contributed by atoms with Gasteiger partial charge in [-0.15, -0.1) is 0 Å². The molecule has 0 aromatic heterocycles. The zero-order valence-corrected chi connectivity index (χ0v) is 13.0. The van der Waals surface area contributed by atoms with E-state index in [9.17, 15) is 4.79 Å². The molecule has 0 spiro atoms. The molecular formula is C18H29NO. The Kier molecular flexibility index (Phi) is 3.56. The molecule has 0 aromatic carbocycles. The first-order valence-electron chi connectivity index (χ1n) is 8.44. The third kappa shape index (κ3) is 1.83. The fourth-order valence-electron chi connectivity index (χ4n) is 5.99. The molecule has 0 bridgehead atoms. The zero-order chi connectivity index (χ0) is 14.5. The third-order valence-electron chi connectivity index (χ3n) is 6.70. The molecule has 0 radical (unpaired) electrons. The van der Waals surface area contributed by atoms with Crippen molar-refractivity contribution in [1.82, 2.24) is 0 Å². The van der Waals surface area contributed by atoms with Crippen molar-refractivity contribution in [2.24, 2.45) is 40.7 Å². The van der Waals surface area contributed by atoms with E-state index in [0.717, 1.165) is 37.4 Å². The van der Waals surface area contributed by atoms with Crippen LogP contribution in [0.1, 0.15) is 52.4 Å². The number of aldehydes is 1. The highest BCUT2D eigenvalue weighted by molar-refractivity contribution is 5.61. The van der Waals surface area contributed by atoms with Crippen LogP contribution in [0.3, 0.4) is 0 Å². The molecule has 3 saturated carbocycles. The first-order chi connectivity index (χ1) is 9.56. The molecule has 20 heavy (non-hydrogen) atoms. The lowest BCUT2D eigenvalue weighted by Gasteiger charge is -2.28. The molecule has 3 rings (SSSR count). The molecule has 0 heterocycles. The molecule has 2 heteroatoms. The van der Waals surface area contributed by atoms with Crippen LogP contribution in [0.15, 0.2) is 12.2 Å². The maximum absolute atomic E-state index is 11.4. The van der Waals surface area contributed by atoms with Crippen LogP contribution in [0.4, 0.5) is 0 Å². The van der Waals surface area contributed by atoms with Gasteiger partial charge in [0.15, 0.2) is 0 Å². The number of hydrogen-bond acceptors (Lipinski definition) is 2. The quantitative estimate of drug-likeness (QED) is 0.630. The Morgan fingerprint density at radius 3 is 2.90 bits per heavy atom. The molecule has 2 nitrogen and oxygen atoms in total. The van der Waals surface area contributed by atoms with Crippen molar-refractivity contribution < 1.29 is 4.79 Å². The summed E-state index contributed by atoms with van der Waals surface area (Å²) < 4.78 is 0. The van der Waals surface area contributed by atoms with Crippen LogP contribution < -0.4 is 5.73 Å². The van der Waals surface area contributed by atoms with Crippen LogP contribution in [0.25, 0.3) is 0 Å². The minimum Gasteiger partial charge on any atom is -0.321 e. The summed E-state index contributed by atoms with van der Waals surface area (Å²) in [7, 11) is 0. The predicted molar refractivity (Wildman–Crippen MR) is 82.1 cm³/mol. The van der Waals surface area contributed by atoms with Gasteiger partial charge in [-0.1, -0.05) is 32.4 Å². The van der Waals surface area contributed by atoms with Crippen LogP contribution in [0, 0.1) is 35.0 Å². The van der Waals surface area contributed by atoms with E-state index >= 15 is 0 Å². The van der Waals surface area contributed by atoms with Crippen molar-refractivity contribution in [3.63, 3.8) is 0 Å². The van der Waals surface area contributed by atoms with Gasteiger partial charge in [0.25, 0.3) is 0 Å². The monoisotopic (exact) mass is 275 g/mol. The summed E-state index contributed by atoms with van der Waals surface area (Å²) in [6, 6.07) is -0.250. The fraction of sp³-hybridized carbons (Fsp3) is 0.833. The van der Waals surface area contributed by atoms with Gasteiger partial charge in [-0.2, -0.15) is 0 Å². The lowest BCUT2D eigenvalue weighted by molar-refractivity contribution is -0.110. The Balaban J connectivity index is 1.91. The van der Waals surface area contributed by atoms with Crippen molar-refractivity contribution in [3.8, 4) is 0 Å². The largest absolute Gasteiger partial charge is 0.321 e. The molecule has 0 saturated heterocycles. The summed E-state index contributed by atoms with van der Waals surface area (Å²) >= 11 is 0. The molecule has 0 aliphatic heterocycles. The molecule has 0 amide bonds. The summed E-state index contributed by atoms with van der Waals surface area (Å²) in [6.07, 6.45) is 8.30. The van der Waals surface area contributed by atoms with Gasteiger partial charge >= 0.3 is 0 Å². The van der Waals surface area contributed by atoms with Gasteiger partial charge in [0.1, 0.15) is 6.29 Å². The standard InChI is InChI=1S/C18H29NO/c1-4-7-18(16(19)10-20)15-6-5-12(3)13-8-11(2)9-14(13)17(15)18/h10-11,13-17H,3-9,19H2,1-2H3. The SMILES string of the molecule is C=C1CCC2C(C3CC(C)CC13)C2(CCC)C(N)C=O. The molecule has 0 aromatic rings. The van der Waals surface area contributed by atoms with Crippen LogP contribution in [0.5, 0.6) is 0 Å². The summed E-state index contributed by atoms with van der Waals surface area (Å²) in [5.74, 6) is 3.64. The van der Waals surface area contributed by atoms with Gasteiger partial charge in [-0.05, 0) is 67.1 Å². The second-order valence-corrected chi connectivity index (χ2v) is 7.70. The highest BCUT2D eigenvalue weighted by atomic mass is 16.1. The lowest BCUT2D eigenvalue weighted by Crippen LogP contribution is -2.37. The summed E-state index contributed by atoms with van der Waals surface area (Å²) in [5, 5.41) is 0. The van der Waals surface area contributed by atoms with E-state index < -0.39 is 0 Å². The Morgan fingerprint density at radius 1 is 1.50 bits per heavy atom. The van der Waals surface area contributed by atoms with E-state index in [1.54, 1.807) is 0 Å². The number of allylic oxidation sites excluding steroid dienone is 1.